The van der Waals surface area contributed by atoms with E-state index in [4.69, 9.17) is 4.74 Å². The number of nitrogens with zero attached hydrogens (tertiary/aromatic N) is 3. The molecule has 0 radical (unpaired) electrons. The highest BCUT2D eigenvalue weighted by Gasteiger charge is 2.09. The van der Waals surface area contributed by atoms with Crippen LogP contribution in [0.25, 0.3) is 0 Å². The van der Waals surface area contributed by atoms with E-state index in [1.54, 1.807) is 7.11 Å². The second-order valence-electron chi connectivity index (χ2n) is 5.19. The number of hydrogen-bond acceptors (Lipinski definition) is 6. The van der Waals surface area contributed by atoms with Crippen LogP contribution in [0.1, 0.15) is 52.9 Å². The van der Waals surface area contributed by atoms with E-state index in [9.17, 15) is 0 Å². The SMILES string of the molecule is CCCCC(CC)CNc1nc(NCCC)nc(OC)n1. The zero-order valence-corrected chi connectivity index (χ0v) is 13.8. The van der Waals surface area contributed by atoms with E-state index in [1.165, 1.54) is 19.3 Å². The molecule has 1 aromatic rings. The van der Waals surface area contributed by atoms with Gasteiger partial charge in [0, 0.05) is 13.1 Å². The zero-order valence-electron chi connectivity index (χ0n) is 13.8. The second-order valence-corrected chi connectivity index (χ2v) is 5.19. The first-order valence-corrected chi connectivity index (χ1v) is 8.01. The number of anilines is 2. The van der Waals surface area contributed by atoms with Gasteiger partial charge in [-0.1, -0.05) is 40.0 Å². The van der Waals surface area contributed by atoms with Crippen LogP contribution < -0.4 is 15.4 Å². The molecule has 0 amide bonds. The van der Waals surface area contributed by atoms with Gasteiger partial charge in [0.25, 0.3) is 0 Å². The van der Waals surface area contributed by atoms with Crippen molar-refractivity contribution in [1.29, 1.82) is 0 Å². The van der Waals surface area contributed by atoms with Crippen molar-refractivity contribution in [2.75, 3.05) is 30.8 Å². The fraction of sp³-hybridized carbons (Fsp3) is 0.800. The summed E-state index contributed by atoms with van der Waals surface area (Å²) < 4.78 is 5.13. The van der Waals surface area contributed by atoms with Crippen molar-refractivity contribution >= 4 is 11.9 Å². The molecular weight excluding hydrogens is 266 g/mol. The van der Waals surface area contributed by atoms with E-state index in [2.05, 4.69) is 46.4 Å². The van der Waals surface area contributed by atoms with Gasteiger partial charge in [0.1, 0.15) is 0 Å². The second kappa shape index (κ2) is 10.2. The van der Waals surface area contributed by atoms with Crippen LogP contribution in [0.4, 0.5) is 11.9 Å². The van der Waals surface area contributed by atoms with E-state index >= 15 is 0 Å². The molecule has 6 nitrogen and oxygen atoms in total. The molecule has 6 heteroatoms. The Bertz CT molecular complexity index is 400. The molecule has 1 heterocycles. The maximum atomic E-state index is 5.13. The van der Waals surface area contributed by atoms with Gasteiger partial charge in [-0.05, 0) is 18.8 Å². The van der Waals surface area contributed by atoms with Crippen molar-refractivity contribution in [2.24, 2.45) is 5.92 Å². The maximum Gasteiger partial charge on any atom is 0.322 e. The lowest BCUT2D eigenvalue weighted by Crippen LogP contribution is -2.17. The number of ether oxygens (including phenoxy) is 1. The Balaban J connectivity index is 2.63. The summed E-state index contributed by atoms with van der Waals surface area (Å²) in [6.07, 6.45) is 5.93. The van der Waals surface area contributed by atoms with Crippen LogP contribution in [0.2, 0.25) is 0 Å². The first-order valence-electron chi connectivity index (χ1n) is 8.01. The van der Waals surface area contributed by atoms with Gasteiger partial charge in [0.05, 0.1) is 7.11 Å². The summed E-state index contributed by atoms with van der Waals surface area (Å²) in [6, 6.07) is 0.340. The summed E-state index contributed by atoms with van der Waals surface area (Å²) in [7, 11) is 1.57. The van der Waals surface area contributed by atoms with Gasteiger partial charge < -0.3 is 15.4 Å². The minimum atomic E-state index is 0.340. The molecule has 0 saturated heterocycles. The van der Waals surface area contributed by atoms with Crippen LogP contribution in [0.5, 0.6) is 6.01 Å². The van der Waals surface area contributed by atoms with Gasteiger partial charge >= 0.3 is 6.01 Å². The molecule has 0 fully saturated rings. The molecule has 0 saturated carbocycles. The molecule has 0 aliphatic carbocycles. The van der Waals surface area contributed by atoms with Crippen LogP contribution >= 0.6 is 0 Å². The monoisotopic (exact) mass is 295 g/mol. The highest BCUT2D eigenvalue weighted by atomic mass is 16.5. The van der Waals surface area contributed by atoms with Gasteiger partial charge in [-0.25, -0.2) is 0 Å². The Morgan fingerprint density at radius 2 is 1.71 bits per heavy atom. The quantitative estimate of drug-likeness (QED) is 0.652. The minimum Gasteiger partial charge on any atom is -0.467 e. The smallest absolute Gasteiger partial charge is 0.322 e. The lowest BCUT2D eigenvalue weighted by Gasteiger charge is -2.15. The molecule has 0 aliphatic heterocycles. The largest absolute Gasteiger partial charge is 0.467 e. The van der Waals surface area contributed by atoms with Gasteiger partial charge in [0.15, 0.2) is 0 Å². The molecule has 21 heavy (non-hydrogen) atoms. The van der Waals surface area contributed by atoms with Crippen LogP contribution in [0.3, 0.4) is 0 Å². The summed E-state index contributed by atoms with van der Waals surface area (Å²) in [4.78, 5) is 12.8. The normalized spacial score (nSPS) is 12.0. The third kappa shape index (κ3) is 6.60. The Morgan fingerprint density at radius 3 is 2.29 bits per heavy atom. The summed E-state index contributed by atoms with van der Waals surface area (Å²) in [6.45, 7) is 8.27. The van der Waals surface area contributed by atoms with Crippen molar-refractivity contribution in [3.63, 3.8) is 0 Å². The predicted molar refractivity (Wildman–Crippen MR) is 87.0 cm³/mol. The van der Waals surface area contributed by atoms with E-state index in [1.807, 2.05) is 0 Å². The molecule has 0 bridgehead atoms. The van der Waals surface area contributed by atoms with E-state index in [0.29, 0.717) is 23.8 Å². The first-order chi connectivity index (χ1) is 10.2. The van der Waals surface area contributed by atoms with Crippen LogP contribution in [-0.2, 0) is 0 Å². The molecule has 0 aromatic carbocycles. The number of aromatic nitrogens is 3. The van der Waals surface area contributed by atoms with Crippen LogP contribution in [0, 0.1) is 5.92 Å². The Kier molecular flexibility index (Phi) is 8.47. The summed E-state index contributed by atoms with van der Waals surface area (Å²) in [5, 5.41) is 6.48. The standard InChI is InChI=1S/C15H29N5O/c1-5-8-9-12(7-3)11-17-14-18-13(16-10-6-2)19-15(20-14)21-4/h12H,5-11H2,1-4H3,(H2,16,17,18,19,20). The maximum absolute atomic E-state index is 5.13. The molecule has 0 spiro atoms. The minimum absolute atomic E-state index is 0.340. The molecule has 1 aromatic heterocycles. The molecule has 2 N–H and O–H groups in total. The molecule has 1 atom stereocenters. The fourth-order valence-corrected chi connectivity index (χ4v) is 2.02. The Labute approximate surface area is 128 Å². The third-order valence-electron chi connectivity index (χ3n) is 3.42. The van der Waals surface area contributed by atoms with E-state index in [-0.39, 0.29) is 0 Å². The third-order valence-corrected chi connectivity index (χ3v) is 3.42. The van der Waals surface area contributed by atoms with Crippen molar-refractivity contribution in [1.82, 2.24) is 15.0 Å². The number of methoxy groups -OCH3 is 1. The Morgan fingerprint density at radius 1 is 1.00 bits per heavy atom. The summed E-state index contributed by atoms with van der Waals surface area (Å²) >= 11 is 0. The summed E-state index contributed by atoms with van der Waals surface area (Å²) in [5.41, 5.74) is 0. The van der Waals surface area contributed by atoms with Gasteiger partial charge in [-0.2, -0.15) is 15.0 Å². The van der Waals surface area contributed by atoms with Gasteiger partial charge in [-0.3, -0.25) is 0 Å². The molecular formula is C15H29N5O. The fourth-order valence-electron chi connectivity index (χ4n) is 2.02. The van der Waals surface area contributed by atoms with Crippen LogP contribution in [0.15, 0.2) is 0 Å². The topological polar surface area (TPSA) is 72.0 Å². The van der Waals surface area contributed by atoms with Crippen molar-refractivity contribution in [2.45, 2.75) is 52.9 Å². The van der Waals surface area contributed by atoms with Gasteiger partial charge in [-0.15, -0.1) is 0 Å². The summed E-state index contributed by atoms with van der Waals surface area (Å²) in [5.74, 6) is 1.79. The van der Waals surface area contributed by atoms with Crippen molar-refractivity contribution < 1.29 is 4.74 Å². The van der Waals surface area contributed by atoms with Crippen molar-refractivity contribution in [3.8, 4) is 6.01 Å². The molecule has 1 unspecified atom stereocenters. The average Bonchev–Trinajstić information content (AvgIpc) is 2.52. The van der Waals surface area contributed by atoms with Crippen LogP contribution in [-0.4, -0.2) is 35.2 Å². The zero-order chi connectivity index (χ0) is 15.5. The van der Waals surface area contributed by atoms with Gasteiger partial charge in [0.2, 0.25) is 11.9 Å². The lowest BCUT2D eigenvalue weighted by atomic mass is 9.99. The number of hydrogen-bond donors (Lipinski definition) is 2. The predicted octanol–water partition coefficient (Wildman–Crippen LogP) is 3.33. The number of rotatable bonds is 11. The van der Waals surface area contributed by atoms with E-state index in [0.717, 1.165) is 25.9 Å². The van der Waals surface area contributed by atoms with E-state index < -0.39 is 0 Å². The highest BCUT2D eigenvalue weighted by Crippen LogP contribution is 2.15. The molecule has 120 valence electrons. The molecule has 0 aliphatic rings. The number of nitrogens with one attached hydrogen (secondary N) is 2. The molecule has 1 rings (SSSR count). The van der Waals surface area contributed by atoms with Crippen molar-refractivity contribution in [3.05, 3.63) is 0 Å². The number of unbranched alkanes of at least 4 members (excludes halogenated alkanes) is 1. The lowest BCUT2D eigenvalue weighted by molar-refractivity contribution is 0.379. The average molecular weight is 295 g/mol. The first kappa shape index (κ1) is 17.5. The highest BCUT2D eigenvalue weighted by molar-refractivity contribution is 5.35. The Hall–Kier alpha value is -1.59.